The molecule has 0 aliphatic rings. The van der Waals surface area contributed by atoms with Gasteiger partial charge in [-0.1, -0.05) is 42.5 Å². The number of hydrogen-bond acceptors (Lipinski definition) is 4. The first-order valence-corrected chi connectivity index (χ1v) is 7.48. The van der Waals surface area contributed by atoms with Crippen molar-refractivity contribution in [1.29, 1.82) is 0 Å². The second-order valence-electron chi connectivity index (χ2n) is 5.41. The first-order valence-electron chi connectivity index (χ1n) is 7.48. The molecule has 0 aliphatic heterocycles. The van der Waals surface area contributed by atoms with Gasteiger partial charge in [-0.2, -0.15) is 5.10 Å². The van der Waals surface area contributed by atoms with Crippen molar-refractivity contribution >= 4 is 28.1 Å². The first-order chi connectivity index (χ1) is 11.6. The number of para-hydroxylation sites is 1. The minimum atomic E-state index is -0.396. The van der Waals surface area contributed by atoms with Gasteiger partial charge in [0.2, 0.25) is 0 Å². The van der Waals surface area contributed by atoms with Gasteiger partial charge in [0.05, 0.1) is 11.3 Å². The van der Waals surface area contributed by atoms with E-state index in [-0.39, 0.29) is 5.75 Å². The van der Waals surface area contributed by atoms with E-state index < -0.39 is 5.91 Å². The molecular weight excluding hydrogens is 302 g/mol. The van der Waals surface area contributed by atoms with Crippen molar-refractivity contribution in [3.63, 3.8) is 0 Å². The Labute approximate surface area is 139 Å². The van der Waals surface area contributed by atoms with E-state index in [1.165, 1.54) is 0 Å². The molecule has 0 atom stereocenters. The molecule has 0 aromatic heterocycles. The highest BCUT2D eigenvalue weighted by Gasteiger charge is 2.12. The number of aromatic hydroxyl groups is 1. The predicted molar refractivity (Wildman–Crippen MR) is 96.1 cm³/mol. The average molecular weight is 319 g/mol. The molecule has 4 N–H and O–H groups in total. The van der Waals surface area contributed by atoms with Crippen LogP contribution >= 0.6 is 0 Å². The van der Waals surface area contributed by atoms with Crippen LogP contribution in [-0.2, 0) is 0 Å². The Morgan fingerprint density at radius 3 is 2.54 bits per heavy atom. The van der Waals surface area contributed by atoms with Crippen molar-refractivity contribution in [2.75, 3.05) is 5.73 Å². The van der Waals surface area contributed by atoms with E-state index in [9.17, 15) is 9.90 Å². The number of hydrogen-bond donors (Lipinski definition) is 3. The van der Waals surface area contributed by atoms with Crippen LogP contribution in [0.1, 0.15) is 22.8 Å². The molecule has 3 aromatic carbocycles. The number of phenolic OH excluding ortho intramolecular Hbond substituents is 1. The van der Waals surface area contributed by atoms with Gasteiger partial charge in [0.25, 0.3) is 5.91 Å². The van der Waals surface area contributed by atoms with Crippen molar-refractivity contribution in [1.82, 2.24) is 5.43 Å². The van der Waals surface area contributed by atoms with Gasteiger partial charge in [0, 0.05) is 11.3 Å². The highest BCUT2D eigenvalue weighted by Crippen LogP contribution is 2.27. The fraction of sp³-hybridized carbons (Fsp3) is 0.0526. The van der Waals surface area contributed by atoms with Crippen LogP contribution in [0.15, 0.2) is 65.8 Å². The molecule has 1 amide bonds. The third-order valence-electron chi connectivity index (χ3n) is 3.80. The number of carbonyl (C=O) groups excluding carboxylic acids is 1. The van der Waals surface area contributed by atoms with Gasteiger partial charge in [-0.3, -0.25) is 4.79 Å². The second-order valence-corrected chi connectivity index (χ2v) is 5.41. The SMILES string of the molecule is C/C(=N\NC(=O)c1ccccc1N)c1c(O)ccc2ccccc12. The Bertz CT molecular complexity index is 948. The van der Waals surface area contributed by atoms with Crippen molar-refractivity contribution < 1.29 is 9.90 Å². The van der Waals surface area contributed by atoms with Crippen molar-refractivity contribution in [3.05, 3.63) is 71.8 Å². The number of fused-ring (bicyclic) bond motifs is 1. The van der Waals surface area contributed by atoms with Crippen LogP contribution in [0, 0.1) is 0 Å². The molecule has 0 saturated carbocycles. The summed E-state index contributed by atoms with van der Waals surface area (Å²) in [7, 11) is 0. The third-order valence-corrected chi connectivity index (χ3v) is 3.80. The van der Waals surface area contributed by atoms with Gasteiger partial charge >= 0.3 is 0 Å². The molecule has 0 aliphatic carbocycles. The minimum Gasteiger partial charge on any atom is -0.507 e. The molecule has 0 radical (unpaired) electrons. The number of hydrazone groups is 1. The lowest BCUT2D eigenvalue weighted by Gasteiger charge is -2.09. The fourth-order valence-corrected chi connectivity index (χ4v) is 2.59. The van der Waals surface area contributed by atoms with Crippen LogP contribution in [0.25, 0.3) is 10.8 Å². The van der Waals surface area contributed by atoms with Gasteiger partial charge in [0.15, 0.2) is 0 Å². The molecule has 5 nitrogen and oxygen atoms in total. The van der Waals surface area contributed by atoms with E-state index in [0.717, 1.165) is 10.8 Å². The maximum absolute atomic E-state index is 12.2. The van der Waals surface area contributed by atoms with Gasteiger partial charge in [-0.25, -0.2) is 5.43 Å². The lowest BCUT2D eigenvalue weighted by molar-refractivity contribution is 0.0955. The highest BCUT2D eigenvalue weighted by molar-refractivity contribution is 6.12. The fourth-order valence-electron chi connectivity index (χ4n) is 2.59. The Kier molecular flexibility index (Phi) is 4.16. The monoisotopic (exact) mass is 319 g/mol. The van der Waals surface area contributed by atoms with E-state index in [4.69, 9.17) is 5.73 Å². The molecule has 0 heterocycles. The van der Waals surface area contributed by atoms with E-state index in [2.05, 4.69) is 10.5 Å². The van der Waals surface area contributed by atoms with Crippen LogP contribution in [-0.4, -0.2) is 16.7 Å². The lowest BCUT2D eigenvalue weighted by Crippen LogP contribution is -2.20. The number of anilines is 1. The molecule has 0 bridgehead atoms. The summed E-state index contributed by atoms with van der Waals surface area (Å²) in [4.78, 5) is 12.2. The number of nitrogens with one attached hydrogen (secondary N) is 1. The molecule has 5 heteroatoms. The van der Waals surface area contributed by atoms with Gasteiger partial charge in [0.1, 0.15) is 5.75 Å². The van der Waals surface area contributed by atoms with Crippen LogP contribution in [0.5, 0.6) is 5.75 Å². The van der Waals surface area contributed by atoms with Crippen LogP contribution < -0.4 is 11.2 Å². The summed E-state index contributed by atoms with van der Waals surface area (Å²) in [6, 6.07) is 17.9. The standard InChI is InChI=1S/C19H17N3O2/c1-12(21-22-19(24)15-8-4-5-9-16(15)20)18-14-7-3-2-6-13(14)10-11-17(18)23/h2-11,23H,20H2,1H3,(H,22,24)/b21-12+. The third kappa shape index (κ3) is 2.92. The largest absolute Gasteiger partial charge is 0.507 e. The molecule has 0 unspecified atom stereocenters. The Balaban J connectivity index is 1.94. The topological polar surface area (TPSA) is 87.7 Å². The van der Waals surface area contributed by atoms with Crippen molar-refractivity contribution in [2.24, 2.45) is 5.10 Å². The quantitative estimate of drug-likeness (QED) is 0.393. The predicted octanol–water partition coefficient (Wildman–Crippen LogP) is 3.28. The maximum Gasteiger partial charge on any atom is 0.273 e. The number of carbonyl (C=O) groups is 1. The Hall–Kier alpha value is -3.34. The minimum absolute atomic E-state index is 0.114. The van der Waals surface area contributed by atoms with E-state index in [1.54, 1.807) is 37.3 Å². The molecule has 120 valence electrons. The molecule has 3 aromatic rings. The normalized spacial score (nSPS) is 11.5. The van der Waals surface area contributed by atoms with Crippen molar-refractivity contribution in [2.45, 2.75) is 6.92 Å². The Morgan fingerprint density at radius 1 is 1.04 bits per heavy atom. The number of nitrogens with two attached hydrogens (primary N) is 1. The molecule has 3 rings (SSSR count). The number of nitrogen functional groups attached to an aromatic ring is 1. The number of amides is 1. The number of phenols is 1. The summed E-state index contributed by atoms with van der Waals surface area (Å²) in [5, 5.41) is 16.2. The van der Waals surface area contributed by atoms with Gasteiger partial charge in [-0.05, 0) is 35.9 Å². The molecule has 0 saturated heterocycles. The van der Waals surface area contributed by atoms with E-state index in [1.807, 2.05) is 30.3 Å². The van der Waals surface area contributed by atoms with Crippen LogP contribution in [0.3, 0.4) is 0 Å². The molecule has 24 heavy (non-hydrogen) atoms. The zero-order chi connectivity index (χ0) is 17.1. The summed E-state index contributed by atoms with van der Waals surface area (Å²) < 4.78 is 0. The first kappa shape index (κ1) is 15.6. The summed E-state index contributed by atoms with van der Waals surface area (Å²) in [5.74, 6) is -0.282. The highest BCUT2D eigenvalue weighted by atomic mass is 16.3. The van der Waals surface area contributed by atoms with Gasteiger partial charge < -0.3 is 10.8 Å². The molecule has 0 fully saturated rings. The van der Waals surface area contributed by atoms with Crippen LogP contribution in [0.4, 0.5) is 5.69 Å². The van der Waals surface area contributed by atoms with E-state index >= 15 is 0 Å². The summed E-state index contributed by atoms with van der Waals surface area (Å²) in [6.45, 7) is 1.73. The number of nitrogens with zero attached hydrogens (tertiary/aromatic N) is 1. The summed E-state index contributed by atoms with van der Waals surface area (Å²) in [5.41, 5.74) is 10.1. The molecular formula is C19H17N3O2. The Morgan fingerprint density at radius 2 is 1.75 bits per heavy atom. The van der Waals surface area contributed by atoms with Crippen LogP contribution in [0.2, 0.25) is 0 Å². The lowest BCUT2D eigenvalue weighted by atomic mass is 10.0. The number of rotatable bonds is 3. The zero-order valence-electron chi connectivity index (χ0n) is 13.2. The molecule has 0 spiro atoms. The zero-order valence-corrected chi connectivity index (χ0v) is 13.2. The van der Waals surface area contributed by atoms with Gasteiger partial charge in [-0.15, -0.1) is 0 Å². The average Bonchev–Trinajstić information content (AvgIpc) is 2.59. The maximum atomic E-state index is 12.2. The number of benzene rings is 3. The van der Waals surface area contributed by atoms with Crippen molar-refractivity contribution in [3.8, 4) is 5.75 Å². The summed E-state index contributed by atoms with van der Waals surface area (Å²) in [6.07, 6.45) is 0. The second kappa shape index (κ2) is 6.42. The van der Waals surface area contributed by atoms with E-state index in [0.29, 0.717) is 22.5 Å². The smallest absolute Gasteiger partial charge is 0.273 e. The summed E-state index contributed by atoms with van der Waals surface area (Å²) >= 11 is 0.